The topological polar surface area (TPSA) is 81.8 Å². The molecule has 2 aromatic rings. The summed E-state index contributed by atoms with van der Waals surface area (Å²) in [4.78, 5) is 40.2. The van der Waals surface area contributed by atoms with Gasteiger partial charge in [0.1, 0.15) is 0 Å². The van der Waals surface area contributed by atoms with Crippen molar-refractivity contribution in [3.05, 3.63) is 58.1 Å². The second kappa shape index (κ2) is 7.16. The Hall–Kier alpha value is -3.06. The first kappa shape index (κ1) is 18.3. The number of nitrogens with one attached hydrogen (secondary N) is 2. The summed E-state index contributed by atoms with van der Waals surface area (Å²) in [6.45, 7) is 1.77. The molecule has 0 saturated carbocycles. The number of amides is 4. The number of halogens is 1. The van der Waals surface area contributed by atoms with Crippen LogP contribution < -0.4 is 15.5 Å². The van der Waals surface area contributed by atoms with Gasteiger partial charge in [-0.2, -0.15) is 0 Å². The van der Waals surface area contributed by atoms with Crippen LogP contribution >= 0.6 is 11.6 Å². The first-order valence-electron chi connectivity index (χ1n) is 8.99. The van der Waals surface area contributed by atoms with Gasteiger partial charge in [0.05, 0.1) is 10.6 Å². The fraction of sp³-hybridized carbons (Fsp3) is 0.250. The van der Waals surface area contributed by atoms with Gasteiger partial charge in [-0.3, -0.25) is 14.5 Å². The van der Waals surface area contributed by atoms with Crippen LogP contribution in [0, 0.1) is 0 Å². The lowest BCUT2D eigenvalue weighted by Gasteiger charge is -2.25. The Balaban J connectivity index is 1.59. The molecular weight excluding hydrogens is 380 g/mol. The lowest BCUT2D eigenvalue weighted by Crippen LogP contribution is -2.34. The minimum absolute atomic E-state index is 0.0579. The van der Waals surface area contributed by atoms with E-state index < -0.39 is 5.91 Å². The molecule has 0 spiro atoms. The second-order valence-corrected chi connectivity index (χ2v) is 7.26. The van der Waals surface area contributed by atoms with E-state index in [1.54, 1.807) is 47.2 Å². The largest absolute Gasteiger partial charge is 0.341 e. The van der Waals surface area contributed by atoms with Crippen LogP contribution in [0.1, 0.15) is 26.3 Å². The smallest absolute Gasteiger partial charge is 0.321 e. The van der Waals surface area contributed by atoms with E-state index in [0.717, 1.165) is 12.0 Å². The maximum atomic E-state index is 12.8. The average molecular weight is 399 g/mol. The van der Waals surface area contributed by atoms with Crippen molar-refractivity contribution < 1.29 is 14.4 Å². The van der Waals surface area contributed by atoms with Crippen molar-refractivity contribution >= 4 is 40.8 Å². The molecule has 2 aliphatic rings. The zero-order chi connectivity index (χ0) is 19.8. The molecule has 0 radical (unpaired) electrons. The summed E-state index contributed by atoms with van der Waals surface area (Å²) in [5.41, 5.74) is 2.96. The van der Waals surface area contributed by atoms with Crippen molar-refractivity contribution in [3.8, 4) is 0 Å². The Bertz CT molecular complexity index is 991. The molecule has 4 rings (SSSR count). The lowest BCUT2D eigenvalue weighted by molar-refractivity contribution is 0.0780. The molecule has 1 fully saturated rings. The van der Waals surface area contributed by atoms with Gasteiger partial charge in [-0.25, -0.2) is 4.79 Å². The van der Waals surface area contributed by atoms with E-state index in [1.807, 2.05) is 6.07 Å². The third-order valence-corrected chi connectivity index (χ3v) is 5.35. The third-order valence-electron chi connectivity index (χ3n) is 5.02. The number of carbonyl (C=O) groups excluding carboxylic acids is 3. The fourth-order valence-electron chi connectivity index (χ4n) is 3.44. The van der Waals surface area contributed by atoms with E-state index in [9.17, 15) is 14.4 Å². The van der Waals surface area contributed by atoms with Crippen LogP contribution in [0.3, 0.4) is 0 Å². The zero-order valence-electron chi connectivity index (χ0n) is 15.3. The normalized spacial score (nSPS) is 16.1. The highest BCUT2D eigenvalue weighted by Crippen LogP contribution is 2.27. The molecule has 8 heteroatoms. The van der Waals surface area contributed by atoms with Gasteiger partial charge in [-0.1, -0.05) is 17.7 Å². The van der Waals surface area contributed by atoms with E-state index in [4.69, 9.17) is 11.6 Å². The molecule has 28 heavy (non-hydrogen) atoms. The van der Waals surface area contributed by atoms with Crippen LogP contribution in [0.15, 0.2) is 36.4 Å². The molecule has 0 atom stereocenters. The number of anilines is 2. The third kappa shape index (κ3) is 3.29. The lowest BCUT2D eigenvalue weighted by atomic mass is 9.98. The summed E-state index contributed by atoms with van der Waals surface area (Å²) < 4.78 is 0. The number of urea groups is 1. The predicted molar refractivity (Wildman–Crippen MR) is 107 cm³/mol. The number of hydrogen-bond acceptors (Lipinski definition) is 3. The van der Waals surface area contributed by atoms with Crippen molar-refractivity contribution in [2.24, 2.45) is 0 Å². The molecule has 7 nitrogen and oxygen atoms in total. The van der Waals surface area contributed by atoms with Gasteiger partial charge >= 0.3 is 6.03 Å². The van der Waals surface area contributed by atoms with Gasteiger partial charge in [-0.05, 0) is 42.3 Å². The monoisotopic (exact) mass is 398 g/mol. The Morgan fingerprint density at radius 2 is 1.96 bits per heavy atom. The van der Waals surface area contributed by atoms with Crippen LogP contribution in [0.5, 0.6) is 0 Å². The van der Waals surface area contributed by atoms with Gasteiger partial charge < -0.3 is 15.5 Å². The number of carbonyl (C=O) groups is 3. The molecule has 0 aromatic heterocycles. The molecule has 2 aromatic carbocycles. The van der Waals surface area contributed by atoms with Gasteiger partial charge in [0.25, 0.3) is 11.8 Å². The maximum absolute atomic E-state index is 12.8. The Morgan fingerprint density at radius 1 is 1.14 bits per heavy atom. The molecule has 2 heterocycles. The SMILES string of the molecule is CN1CCc2ccc(NC(=O)c3cc(N4CCNC4=O)ccc3Cl)cc2C1=O. The summed E-state index contributed by atoms with van der Waals surface area (Å²) in [6, 6.07) is 10.0. The summed E-state index contributed by atoms with van der Waals surface area (Å²) in [5.74, 6) is -0.458. The van der Waals surface area contributed by atoms with E-state index in [0.29, 0.717) is 36.6 Å². The number of rotatable bonds is 3. The Morgan fingerprint density at radius 3 is 2.71 bits per heavy atom. The van der Waals surface area contributed by atoms with Crippen LogP contribution in [0.4, 0.5) is 16.2 Å². The van der Waals surface area contributed by atoms with E-state index >= 15 is 0 Å². The van der Waals surface area contributed by atoms with Crippen LogP contribution in [0.2, 0.25) is 5.02 Å². The zero-order valence-corrected chi connectivity index (χ0v) is 16.0. The number of likely N-dealkylation sites (N-methyl/N-ethyl adjacent to an activating group) is 1. The van der Waals surface area contributed by atoms with Crippen molar-refractivity contribution in [3.63, 3.8) is 0 Å². The number of nitrogens with zero attached hydrogens (tertiary/aromatic N) is 2. The minimum Gasteiger partial charge on any atom is -0.341 e. The van der Waals surface area contributed by atoms with Gasteiger partial charge in [-0.15, -0.1) is 0 Å². The standard InChI is InChI=1S/C20H19ClN4O3/c1-24-8-6-12-2-3-13(10-15(12)19(24)27)23-18(26)16-11-14(4-5-17(16)21)25-9-7-22-20(25)28/h2-5,10-11H,6-9H2,1H3,(H,22,28)(H,23,26). The molecule has 0 aliphatic carbocycles. The molecule has 144 valence electrons. The molecule has 2 aliphatic heterocycles. The molecule has 4 amide bonds. The second-order valence-electron chi connectivity index (χ2n) is 6.85. The van der Waals surface area contributed by atoms with Gasteiger partial charge in [0.2, 0.25) is 0 Å². The highest BCUT2D eigenvalue weighted by molar-refractivity contribution is 6.34. The summed E-state index contributed by atoms with van der Waals surface area (Å²) in [7, 11) is 1.76. The molecule has 2 N–H and O–H groups in total. The maximum Gasteiger partial charge on any atom is 0.321 e. The van der Waals surface area contributed by atoms with E-state index in [1.165, 1.54) is 0 Å². The van der Waals surface area contributed by atoms with Crippen molar-refractivity contribution in [2.75, 3.05) is 36.9 Å². The summed E-state index contributed by atoms with van der Waals surface area (Å²) >= 11 is 6.22. The fourth-order valence-corrected chi connectivity index (χ4v) is 3.64. The molecular formula is C20H19ClN4O3. The van der Waals surface area contributed by atoms with E-state index in [2.05, 4.69) is 10.6 Å². The Labute approximate surface area is 167 Å². The Kier molecular flexibility index (Phi) is 4.68. The number of fused-ring (bicyclic) bond motifs is 1. The average Bonchev–Trinajstić information content (AvgIpc) is 3.11. The van der Waals surface area contributed by atoms with Gasteiger partial charge in [0, 0.05) is 43.6 Å². The highest BCUT2D eigenvalue weighted by atomic mass is 35.5. The van der Waals surface area contributed by atoms with Crippen LogP contribution in [-0.4, -0.2) is 49.4 Å². The van der Waals surface area contributed by atoms with Crippen LogP contribution in [-0.2, 0) is 6.42 Å². The highest BCUT2D eigenvalue weighted by Gasteiger charge is 2.24. The molecule has 0 unspecified atom stereocenters. The number of hydrogen-bond donors (Lipinski definition) is 2. The minimum atomic E-state index is -0.400. The van der Waals surface area contributed by atoms with Gasteiger partial charge in [0.15, 0.2) is 0 Å². The van der Waals surface area contributed by atoms with E-state index in [-0.39, 0.29) is 22.5 Å². The van der Waals surface area contributed by atoms with Crippen molar-refractivity contribution in [2.45, 2.75) is 6.42 Å². The first-order valence-corrected chi connectivity index (χ1v) is 9.36. The predicted octanol–water partition coefficient (Wildman–Crippen LogP) is 2.75. The van der Waals surface area contributed by atoms with Crippen molar-refractivity contribution in [1.29, 1.82) is 0 Å². The van der Waals surface area contributed by atoms with Crippen LogP contribution in [0.25, 0.3) is 0 Å². The van der Waals surface area contributed by atoms with Crippen molar-refractivity contribution in [1.82, 2.24) is 10.2 Å². The molecule has 0 bridgehead atoms. The quantitative estimate of drug-likeness (QED) is 0.834. The first-order chi connectivity index (χ1) is 13.4. The summed E-state index contributed by atoms with van der Waals surface area (Å²) in [6.07, 6.45) is 0.789. The summed E-state index contributed by atoms with van der Waals surface area (Å²) in [5, 5.41) is 5.81. The molecule has 1 saturated heterocycles. The number of benzene rings is 2.